The Hall–Kier alpha value is -1.00. The van der Waals surface area contributed by atoms with Gasteiger partial charge in [0.1, 0.15) is 6.07 Å². The molecule has 0 spiro atoms. The van der Waals surface area contributed by atoms with Gasteiger partial charge in [-0.3, -0.25) is 0 Å². The van der Waals surface area contributed by atoms with Crippen LogP contribution in [0.15, 0.2) is 6.07 Å². The summed E-state index contributed by atoms with van der Waals surface area (Å²) in [5.41, 5.74) is -2.04. The Morgan fingerprint density at radius 2 is 1.86 bits per heavy atom. The number of nitriles is 1. The van der Waals surface area contributed by atoms with Crippen LogP contribution in [-0.4, -0.2) is 19.9 Å². The van der Waals surface area contributed by atoms with Crippen LogP contribution in [0.3, 0.4) is 0 Å². The van der Waals surface area contributed by atoms with Gasteiger partial charge in [-0.2, -0.15) is 5.26 Å². The normalized spacial score (nSPS) is 22.9. The Morgan fingerprint density at radius 1 is 1.29 bits per heavy atom. The fraction of sp³-hybridized carbons (Fsp3) is 0.714. The molecule has 0 bridgehead atoms. The maximum Gasteiger partial charge on any atom is 0.201 e. The maximum absolute atomic E-state index is 15.1. The number of nitrogens with zero attached hydrogens (tertiary/aromatic N) is 2. The molecule has 156 valence electrons. The molecule has 0 radical (unpaired) electrons. The Balaban J connectivity index is 2.63. The third kappa shape index (κ3) is 3.75. The van der Waals surface area contributed by atoms with E-state index >= 15 is 4.39 Å². The fourth-order valence-corrected chi connectivity index (χ4v) is 5.34. The number of aromatic nitrogens is 1. The molecule has 1 atom stereocenters. The molecule has 0 saturated carbocycles. The highest BCUT2D eigenvalue weighted by molar-refractivity contribution is 6.74. The van der Waals surface area contributed by atoms with Crippen LogP contribution in [0.25, 0.3) is 0 Å². The lowest BCUT2D eigenvalue weighted by Gasteiger charge is -2.43. The van der Waals surface area contributed by atoms with E-state index in [1.807, 2.05) is 27.7 Å². The molecule has 1 aromatic heterocycles. The van der Waals surface area contributed by atoms with E-state index in [4.69, 9.17) is 20.8 Å². The van der Waals surface area contributed by atoms with Gasteiger partial charge in [-0.15, -0.1) is 0 Å². The first-order valence-corrected chi connectivity index (χ1v) is 12.9. The quantitative estimate of drug-likeness (QED) is 0.419. The van der Waals surface area contributed by atoms with E-state index < -0.39 is 30.8 Å². The topological polar surface area (TPSA) is 55.1 Å². The highest BCUT2D eigenvalue weighted by Gasteiger charge is 2.54. The molecule has 0 N–H and O–H groups in total. The number of halogens is 2. The predicted molar refractivity (Wildman–Crippen MR) is 112 cm³/mol. The Bertz CT molecular complexity index is 812. The Labute approximate surface area is 174 Å². The number of ether oxygens (including phenoxy) is 1. The van der Waals surface area contributed by atoms with Crippen molar-refractivity contribution in [2.24, 2.45) is 5.41 Å². The highest BCUT2D eigenvalue weighted by Crippen LogP contribution is 2.50. The van der Waals surface area contributed by atoms with Gasteiger partial charge in [0.2, 0.25) is 5.60 Å². The van der Waals surface area contributed by atoms with Gasteiger partial charge < -0.3 is 9.16 Å². The predicted octanol–water partition coefficient (Wildman–Crippen LogP) is 6.30. The van der Waals surface area contributed by atoms with Crippen molar-refractivity contribution in [1.29, 1.82) is 5.26 Å². The summed E-state index contributed by atoms with van der Waals surface area (Å²) in [6, 6.07) is 3.89. The van der Waals surface area contributed by atoms with E-state index in [1.54, 1.807) is 6.07 Å². The van der Waals surface area contributed by atoms with Crippen LogP contribution in [0.2, 0.25) is 23.3 Å². The number of rotatable bonds is 4. The summed E-state index contributed by atoms with van der Waals surface area (Å²) >= 11 is 6.18. The van der Waals surface area contributed by atoms with Crippen molar-refractivity contribution < 1.29 is 13.6 Å². The molecule has 28 heavy (non-hydrogen) atoms. The van der Waals surface area contributed by atoms with Crippen LogP contribution < -0.4 is 0 Å². The highest BCUT2D eigenvalue weighted by atomic mass is 35.5. The molecule has 0 aromatic carbocycles. The van der Waals surface area contributed by atoms with Gasteiger partial charge in [-0.05, 0) is 44.5 Å². The monoisotopic (exact) mass is 426 g/mol. The van der Waals surface area contributed by atoms with Gasteiger partial charge in [-0.1, -0.05) is 46.2 Å². The zero-order chi connectivity index (χ0) is 21.8. The number of hydrogen-bond donors (Lipinski definition) is 0. The van der Waals surface area contributed by atoms with Crippen molar-refractivity contribution in [2.45, 2.75) is 84.2 Å². The van der Waals surface area contributed by atoms with Gasteiger partial charge in [0.15, 0.2) is 19.3 Å². The van der Waals surface area contributed by atoms with E-state index in [2.05, 4.69) is 44.9 Å². The van der Waals surface area contributed by atoms with Gasteiger partial charge in [-0.25, -0.2) is 9.37 Å². The van der Waals surface area contributed by atoms with Gasteiger partial charge in [0, 0.05) is 17.6 Å². The molecule has 4 nitrogen and oxygen atoms in total. The zero-order valence-corrected chi connectivity index (χ0v) is 20.2. The first-order chi connectivity index (χ1) is 12.5. The van der Waals surface area contributed by atoms with Crippen molar-refractivity contribution in [1.82, 2.24) is 4.98 Å². The molecule has 7 heteroatoms. The standard InChI is InChI=1S/C21H32ClFN2O2Si/c1-18(2,3)28(8,9)27-20(6,7)14-12-15(25-17(22)16(14)23)21(13-24)19(4,5)10-11-26-21/h12H,10-11H2,1-9H3. The van der Waals surface area contributed by atoms with Crippen molar-refractivity contribution in [3.63, 3.8) is 0 Å². The molecule has 0 amide bonds. The molecule has 2 heterocycles. The second-order valence-corrected chi connectivity index (χ2v) is 15.4. The van der Waals surface area contributed by atoms with Crippen molar-refractivity contribution in [2.75, 3.05) is 6.61 Å². The van der Waals surface area contributed by atoms with Crippen LogP contribution in [0, 0.1) is 22.6 Å². The van der Waals surface area contributed by atoms with E-state index in [0.717, 1.165) is 0 Å². The molecule has 0 aliphatic carbocycles. The first kappa shape index (κ1) is 23.3. The second-order valence-electron chi connectivity index (χ2n) is 10.3. The lowest BCUT2D eigenvalue weighted by atomic mass is 9.73. The minimum Gasteiger partial charge on any atom is -0.408 e. The van der Waals surface area contributed by atoms with E-state index in [1.165, 1.54) is 0 Å². The molecular formula is C21H32ClFN2O2Si. The van der Waals surface area contributed by atoms with Crippen molar-refractivity contribution in [3.8, 4) is 6.07 Å². The number of hydrogen-bond acceptors (Lipinski definition) is 4. The lowest BCUT2D eigenvalue weighted by Crippen LogP contribution is -2.47. The summed E-state index contributed by atoms with van der Waals surface area (Å²) in [5.74, 6) is -0.613. The molecule has 1 aromatic rings. The zero-order valence-electron chi connectivity index (χ0n) is 18.5. The minimum absolute atomic E-state index is 0.0369. The molecular weight excluding hydrogens is 395 g/mol. The second kappa shape index (κ2) is 7.05. The number of pyridine rings is 1. The smallest absolute Gasteiger partial charge is 0.201 e. The molecule has 1 fully saturated rings. The SMILES string of the molecule is CC(C)(O[Si](C)(C)C(C)(C)C)c1cc(C2(C#N)OCCC2(C)C)nc(Cl)c1F. The molecule has 1 unspecified atom stereocenters. The summed E-state index contributed by atoms with van der Waals surface area (Å²) in [4.78, 5) is 4.21. The van der Waals surface area contributed by atoms with Crippen LogP contribution in [0.4, 0.5) is 4.39 Å². The van der Waals surface area contributed by atoms with Gasteiger partial charge in [0.25, 0.3) is 0 Å². The summed E-state index contributed by atoms with van der Waals surface area (Å²) < 4.78 is 27.5. The molecule has 1 aliphatic heterocycles. The lowest BCUT2D eigenvalue weighted by molar-refractivity contribution is -0.00991. The van der Waals surface area contributed by atoms with Gasteiger partial charge in [0.05, 0.1) is 11.3 Å². The Morgan fingerprint density at radius 3 is 2.29 bits per heavy atom. The van der Waals surface area contributed by atoms with Crippen molar-refractivity contribution >= 4 is 19.9 Å². The summed E-state index contributed by atoms with van der Waals surface area (Å²) in [7, 11) is -2.19. The first-order valence-electron chi connectivity index (χ1n) is 9.63. The van der Waals surface area contributed by atoms with Crippen molar-refractivity contribution in [3.05, 3.63) is 28.3 Å². The molecule has 2 rings (SSSR count). The average molecular weight is 427 g/mol. The van der Waals surface area contributed by atoms with Crippen LogP contribution in [0.5, 0.6) is 0 Å². The summed E-state index contributed by atoms with van der Waals surface area (Å²) in [6.07, 6.45) is 0.705. The maximum atomic E-state index is 15.1. The average Bonchev–Trinajstić information content (AvgIpc) is 2.82. The fourth-order valence-electron chi connectivity index (χ4n) is 3.45. The minimum atomic E-state index is -2.19. The summed E-state index contributed by atoms with van der Waals surface area (Å²) in [6.45, 7) is 18.7. The third-order valence-corrected chi connectivity index (χ3v) is 11.3. The van der Waals surface area contributed by atoms with Gasteiger partial charge >= 0.3 is 0 Å². The third-order valence-electron chi connectivity index (χ3n) is 6.40. The molecule has 1 saturated heterocycles. The molecule has 1 aliphatic rings. The summed E-state index contributed by atoms with van der Waals surface area (Å²) in [5, 5.41) is 9.68. The van der Waals surface area contributed by atoms with Crippen LogP contribution >= 0.6 is 11.6 Å². The largest absolute Gasteiger partial charge is 0.408 e. The van der Waals surface area contributed by atoms with Crippen LogP contribution in [-0.2, 0) is 20.4 Å². The van der Waals surface area contributed by atoms with E-state index in [9.17, 15) is 5.26 Å². The van der Waals surface area contributed by atoms with Crippen LogP contribution in [0.1, 0.15) is 66.1 Å². The van der Waals surface area contributed by atoms with E-state index in [0.29, 0.717) is 24.3 Å². The Kier molecular flexibility index (Phi) is 5.86. The van der Waals surface area contributed by atoms with E-state index in [-0.39, 0.29) is 10.2 Å².